The first-order valence-corrected chi connectivity index (χ1v) is 12.2. The second-order valence-corrected chi connectivity index (χ2v) is 8.64. The minimum Gasteiger partial charge on any atom is -0.478 e. The second kappa shape index (κ2) is 12.9. The summed E-state index contributed by atoms with van der Waals surface area (Å²) in [5.41, 5.74) is 7.88. The van der Waals surface area contributed by atoms with Crippen molar-refractivity contribution in [1.29, 1.82) is 0 Å². The number of pyridine rings is 1. The fourth-order valence-corrected chi connectivity index (χ4v) is 4.18. The molecule has 2 heterocycles. The quantitative estimate of drug-likeness (QED) is 0.194. The molecular formula is C25H35N5O5. The first kappa shape index (κ1) is 26.2. The van der Waals surface area contributed by atoms with Gasteiger partial charge in [-0.3, -0.25) is 19.8 Å². The number of nitrogens with two attached hydrogens (primary N) is 1. The number of hydrogen-bond acceptors (Lipinski definition) is 9. The van der Waals surface area contributed by atoms with Gasteiger partial charge in [0.05, 0.1) is 18.1 Å². The predicted molar refractivity (Wildman–Crippen MR) is 134 cm³/mol. The molecule has 190 valence electrons. The first-order chi connectivity index (χ1) is 16.9. The zero-order valence-electron chi connectivity index (χ0n) is 20.6. The number of carbonyl (C=O) groups excluding carboxylic acids is 1. The second-order valence-electron chi connectivity index (χ2n) is 8.64. The highest BCUT2D eigenvalue weighted by Gasteiger charge is 2.28. The van der Waals surface area contributed by atoms with Crippen LogP contribution in [0.2, 0.25) is 0 Å². The summed E-state index contributed by atoms with van der Waals surface area (Å²) in [5.74, 6) is -0.553. The molecule has 0 spiro atoms. The van der Waals surface area contributed by atoms with Crippen molar-refractivity contribution < 1.29 is 19.2 Å². The van der Waals surface area contributed by atoms with Gasteiger partial charge in [0, 0.05) is 19.2 Å². The molecule has 1 aromatic heterocycles. The molecule has 1 fully saturated rings. The van der Waals surface area contributed by atoms with E-state index < -0.39 is 10.9 Å². The molecule has 1 saturated heterocycles. The third kappa shape index (κ3) is 7.54. The molecule has 0 aliphatic carbocycles. The van der Waals surface area contributed by atoms with Gasteiger partial charge in [-0.25, -0.2) is 0 Å². The third-order valence-electron chi connectivity index (χ3n) is 5.84. The number of ether oxygens (including phenoxy) is 2. The molecule has 1 aromatic carbocycles. The normalized spacial score (nSPS) is 13.5. The Morgan fingerprint density at radius 3 is 2.66 bits per heavy atom. The van der Waals surface area contributed by atoms with Crippen LogP contribution in [0.25, 0.3) is 0 Å². The largest absolute Gasteiger partial charge is 0.478 e. The molecule has 35 heavy (non-hydrogen) atoms. The van der Waals surface area contributed by atoms with Gasteiger partial charge in [0.15, 0.2) is 0 Å². The zero-order chi connectivity index (χ0) is 25.2. The smallest absolute Gasteiger partial charge is 0.334 e. The van der Waals surface area contributed by atoms with Gasteiger partial charge < -0.3 is 20.1 Å². The standard InChI is InChI=1S/C25H35N5O5/c1-3-5-13-35-22-15-21(24(30(32)33)25(26)27-22)29(18-23(31)34-4-2)17-20-10-8-9-19(14-20)16-28-11-6-7-12-28/h8-10,14-15H,3-7,11-13,16-18H2,1-2H3,(H2,26,27). The van der Waals surface area contributed by atoms with Gasteiger partial charge in [-0.2, -0.15) is 4.98 Å². The highest BCUT2D eigenvalue weighted by molar-refractivity contribution is 5.81. The average Bonchev–Trinajstić information content (AvgIpc) is 3.31. The highest BCUT2D eigenvalue weighted by atomic mass is 16.6. The number of carbonyl (C=O) groups is 1. The molecule has 1 aliphatic rings. The molecule has 2 N–H and O–H groups in total. The lowest BCUT2D eigenvalue weighted by molar-refractivity contribution is -0.383. The maximum atomic E-state index is 12.5. The van der Waals surface area contributed by atoms with Crippen LogP contribution in [0.1, 0.15) is 50.7 Å². The van der Waals surface area contributed by atoms with Crippen LogP contribution < -0.4 is 15.4 Å². The average molecular weight is 486 g/mol. The molecule has 0 saturated carbocycles. The number of nitrogen functional groups attached to an aromatic ring is 1. The summed E-state index contributed by atoms with van der Waals surface area (Å²) in [5, 5.41) is 11.9. The van der Waals surface area contributed by atoms with Crippen molar-refractivity contribution in [3.63, 3.8) is 0 Å². The Labute approximate surface area is 206 Å². The number of unbranched alkanes of at least 4 members (excludes halogenated alkanes) is 1. The van der Waals surface area contributed by atoms with Gasteiger partial charge in [-0.15, -0.1) is 0 Å². The van der Waals surface area contributed by atoms with Crippen molar-refractivity contribution in [3.8, 4) is 5.88 Å². The van der Waals surface area contributed by atoms with E-state index in [-0.39, 0.29) is 42.8 Å². The predicted octanol–water partition coefficient (Wildman–Crippen LogP) is 3.92. The summed E-state index contributed by atoms with van der Waals surface area (Å²) in [4.78, 5) is 31.9. The Morgan fingerprint density at radius 1 is 1.23 bits per heavy atom. The van der Waals surface area contributed by atoms with Crippen molar-refractivity contribution in [2.24, 2.45) is 0 Å². The summed E-state index contributed by atoms with van der Waals surface area (Å²) in [7, 11) is 0. The minimum atomic E-state index is -0.574. The maximum Gasteiger partial charge on any atom is 0.334 e. The Bertz CT molecular complexity index is 1010. The zero-order valence-corrected chi connectivity index (χ0v) is 20.6. The van der Waals surface area contributed by atoms with E-state index >= 15 is 0 Å². The van der Waals surface area contributed by atoms with Crippen molar-refractivity contribution in [3.05, 3.63) is 51.6 Å². The van der Waals surface area contributed by atoms with E-state index in [2.05, 4.69) is 22.0 Å². The van der Waals surface area contributed by atoms with E-state index in [1.165, 1.54) is 18.9 Å². The Balaban J connectivity index is 1.94. The van der Waals surface area contributed by atoms with Crippen LogP contribution in [-0.4, -0.2) is 53.6 Å². The van der Waals surface area contributed by atoms with E-state index in [4.69, 9.17) is 15.2 Å². The number of nitro groups is 1. The summed E-state index contributed by atoms with van der Waals surface area (Å²) < 4.78 is 10.8. The monoisotopic (exact) mass is 485 g/mol. The molecule has 0 atom stereocenters. The van der Waals surface area contributed by atoms with E-state index in [1.54, 1.807) is 11.8 Å². The highest BCUT2D eigenvalue weighted by Crippen LogP contribution is 2.36. The van der Waals surface area contributed by atoms with E-state index in [9.17, 15) is 14.9 Å². The van der Waals surface area contributed by atoms with Crippen LogP contribution in [0.5, 0.6) is 5.88 Å². The number of esters is 1. The van der Waals surface area contributed by atoms with Crippen molar-refractivity contribution in [1.82, 2.24) is 9.88 Å². The van der Waals surface area contributed by atoms with Crippen molar-refractivity contribution >= 4 is 23.2 Å². The van der Waals surface area contributed by atoms with Crippen molar-refractivity contribution in [2.75, 3.05) is 43.5 Å². The Hall–Kier alpha value is -3.40. The van der Waals surface area contributed by atoms with E-state index in [0.717, 1.165) is 43.6 Å². The van der Waals surface area contributed by atoms with E-state index in [0.29, 0.717) is 6.61 Å². The van der Waals surface area contributed by atoms with Crippen LogP contribution in [0.15, 0.2) is 30.3 Å². The number of likely N-dealkylation sites (tertiary alicyclic amines) is 1. The number of aromatic nitrogens is 1. The summed E-state index contributed by atoms with van der Waals surface area (Å²) in [6.07, 6.45) is 4.16. The SMILES string of the molecule is CCCCOc1cc(N(CC(=O)OCC)Cc2cccc(CN3CCCC3)c2)c([N+](=O)[O-])c(N)n1. The fraction of sp³-hybridized carbons (Fsp3) is 0.520. The lowest BCUT2D eigenvalue weighted by Crippen LogP contribution is -2.31. The van der Waals surface area contributed by atoms with Crippen LogP contribution in [-0.2, 0) is 22.6 Å². The molecule has 1 aliphatic heterocycles. The molecule has 10 heteroatoms. The number of rotatable bonds is 13. The number of benzene rings is 1. The van der Waals surface area contributed by atoms with Crippen LogP contribution in [0.3, 0.4) is 0 Å². The van der Waals surface area contributed by atoms with Gasteiger partial charge in [0.1, 0.15) is 12.2 Å². The van der Waals surface area contributed by atoms with Gasteiger partial charge in [-0.1, -0.05) is 37.6 Å². The lowest BCUT2D eigenvalue weighted by atomic mass is 10.1. The molecule has 3 rings (SSSR count). The summed E-state index contributed by atoms with van der Waals surface area (Å²) >= 11 is 0. The Kier molecular flexibility index (Phi) is 9.66. The van der Waals surface area contributed by atoms with Gasteiger partial charge in [0.2, 0.25) is 11.7 Å². The van der Waals surface area contributed by atoms with Gasteiger partial charge in [0.25, 0.3) is 0 Å². The first-order valence-electron chi connectivity index (χ1n) is 12.2. The molecule has 0 unspecified atom stereocenters. The summed E-state index contributed by atoms with van der Waals surface area (Å²) in [6.45, 7) is 7.48. The van der Waals surface area contributed by atoms with Crippen LogP contribution >= 0.6 is 0 Å². The van der Waals surface area contributed by atoms with Crippen LogP contribution in [0.4, 0.5) is 17.2 Å². The van der Waals surface area contributed by atoms with Crippen LogP contribution in [0, 0.1) is 10.1 Å². The van der Waals surface area contributed by atoms with Gasteiger partial charge in [-0.05, 0) is 50.4 Å². The number of anilines is 2. The molecule has 0 bridgehead atoms. The molecule has 10 nitrogen and oxygen atoms in total. The minimum absolute atomic E-state index is 0.173. The maximum absolute atomic E-state index is 12.5. The molecule has 2 aromatic rings. The molecular weight excluding hydrogens is 450 g/mol. The molecule has 0 amide bonds. The Morgan fingerprint density at radius 2 is 1.97 bits per heavy atom. The summed E-state index contributed by atoms with van der Waals surface area (Å²) in [6, 6.07) is 9.55. The van der Waals surface area contributed by atoms with Crippen molar-refractivity contribution in [2.45, 2.75) is 52.6 Å². The molecule has 0 radical (unpaired) electrons. The fourth-order valence-electron chi connectivity index (χ4n) is 4.18. The lowest BCUT2D eigenvalue weighted by Gasteiger charge is -2.25. The van der Waals surface area contributed by atoms with Gasteiger partial charge >= 0.3 is 11.7 Å². The topological polar surface area (TPSA) is 124 Å². The van der Waals surface area contributed by atoms with E-state index in [1.807, 2.05) is 19.1 Å². The number of hydrogen-bond donors (Lipinski definition) is 1. The third-order valence-corrected chi connectivity index (χ3v) is 5.84. The number of nitrogens with zero attached hydrogens (tertiary/aromatic N) is 4.